The third-order valence-electron chi connectivity index (χ3n) is 5.54. The van der Waals surface area contributed by atoms with E-state index < -0.39 is 20.7 Å². The number of hydrogen-bond donors (Lipinski definition) is 1. The van der Waals surface area contributed by atoms with Crippen molar-refractivity contribution in [1.29, 1.82) is 0 Å². The van der Waals surface area contributed by atoms with Crippen molar-refractivity contribution >= 4 is 66.3 Å². The molecule has 1 aromatic heterocycles. The van der Waals surface area contributed by atoms with Gasteiger partial charge in [-0.2, -0.15) is 8.42 Å². The first-order valence-corrected chi connectivity index (χ1v) is 13.5. The summed E-state index contributed by atoms with van der Waals surface area (Å²) < 4.78 is 48.1. The predicted octanol–water partition coefficient (Wildman–Crippen LogP) is 7.60. The molecule has 6 nitrogen and oxygen atoms in total. The van der Waals surface area contributed by atoms with E-state index in [2.05, 4.69) is 5.32 Å². The maximum absolute atomic E-state index is 13.4. The highest BCUT2D eigenvalue weighted by atomic mass is 35.5. The van der Waals surface area contributed by atoms with E-state index >= 15 is 0 Å². The van der Waals surface area contributed by atoms with Crippen molar-refractivity contribution in [3.8, 4) is 11.5 Å². The summed E-state index contributed by atoms with van der Waals surface area (Å²) in [5.41, 5.74) is 0.931. The minimum absolute atomic E-state index is 0.0841. The number of carbonyl (C=O) groups excluding carboxylic acids is 1. The number of carbonyl (C=O) groups is 1. The fourth-order valence-corrected chi connectivity index (χ4v) is 5.61. The number of halogens is 3. The molecule has 1 amide bonds. The van der Waals surface area contributed by atoms with E-state index in [-0.39, 0.29) is 10.9 Å². The van der Waals surface area contributed by atoms with Gasteiger partial charge < -0.3 is 10.1 Å². The van der Waals surface area contributed by atoms with Crippen molar-refractivity contribution in [3.63, 3.8) is 0 Å². The second-order valence-corrected chi connectivity index (χ2v) is 12.5. The van der Waals surface area contributed by atoms with E-state index in [1.807, 2.05) is 0 Å². The number of ether oxygens (including phenoxy) is 1. The molecule has 0 saturated carbocycles. The molecule has 0 saturated heterocycles. The molecule has 0 aliphatic carbocycles. The van der Waals surface area contributed by atoms with Gasteiger partial charge in [0.1, 0.15) is 22.1 Å². The number of amides is 1. The summed E-state index contributed by atoms with van der Waals surface area (Å²) in [6.07, 6.45) is 0. The van der Waals surface area contributed by atoms with Gasteiger partial charge >= 0.3 is 0 Å². The lowest BCUT2D eigenvalue weighted by Gasteiger charge is -2.23. The van der Waals surface area contributed by atoms with E-state index in [0.29, 0.717) is 32.6 Å². The van der Waals surface area contributed by atoms with Crippen LogP contribution in [0.4, 0.5) is 10.1 Å². The van der Waals surface area contributed by atoms with Crippen LogP contribution in [0, 0.1) is 5.82 Å². The van der Waals surface area contributed by atoms with Gasteiger partial charge in [0.2, 0.25) is 0 Å². The lowest BCUT2D eigenvalue weighted by atomic mass is 10.0. The van der Waals surface area contributed by atoms with Gasteiger partial charge in [0.15, 0.2) is 0 Å². The number of rotatable bonds is 7. The number of thiophene rings is 1. The zero-order valence-corrected chi connectivity index (χ0v) is 22.4. The molecular formula is C25H20Cl2FNO5S2. The minimum Gasteiger partial charge on any atom is -0.457 e. The molecule has 11 heteroatoms. The molecule has 0 radical (unpaired) electrons. The third kappa shape index (κ3) is 5.35. The van der Waals surface area contributed by atoms with E-state index in [9.17, 15) is 17.6 Å². The molecule has 188 valence electrons. The first-order valence-electron chi connectivity index (χ1n) is 10.5. The molecular weight excluding hydrogens is 548 g/mol. The Morgan fingerprint density at radius 1 is 1.00 bits per heavy atom. The Morgan fingerprint density at radius 3 is 2.44 bits per heavy atom. The lowest BCUT2D eigenvalue weighted by molar-refractivity contribution is 0.103. The fraction of sp³-hybridized carbons (Fsp3) is 0.160. The van der Waals surface area contributed by atoms with Crippen LogP contribution in [-0.2, 0) is 19.0 Å². The second-order valence-electron chi connectivity index (χ2n) is 8.30. The van der Waals surface area contributed by atoms with Crippen LogP contribution in [-0.4, -0.2) is 21.4 Å². The zero-order chi connectivity index (χ0) is 26.3. The summed E-state index contributed by atoms with van der Waals surface area (Å²) >= 11 is 13.3. The summed E-state index contributed by atoms with van der Waals surface area (Å²) in [5.74, 6) is -0.315. The monoisotopic (exact) mass is 567 g/mol. The first-order chi connectivity index (χ1) is 16.9. The molecule has 0 atom stereocenters. The van der Waals surface area contributed by atoms with Crippen molar-refractivity contribution in [2.45, 2.75) is 18.6 Å². The Balaban J connectivity index is 1.57. The Kier molecular flexibility index (Phi) is 7.32. The normalized spacial score (nSPS) is 12.1. The van der Waals surface area contributed by atoms with Gasteiger partial charge in [0, 0.05) is 27.5 Å². The summed E-state index contributed by atoms with van der Waals surface area (Å²) in [6.45, 7) is 3.12. The van der Waals surface area contributed by atoms with Gasteiger partial charge in [-0.3, -0.25) is 8.98 Å². The minimum atomic E-state index is -3.83. The summed E-state index contributed by atoms with van der Waals surface area (Å²) in [6, 6.07) is 15.5. The quantitative estimate of drug-likeness (QED) is 0.232. The second kappa shape index (κ2) is 9.99. The smallest absolute Gasteiger partial charge is 0.276 e. The molecule has 0 bridgehead atoms. The van der Waals surface area contributed by atoms with Crippen molar-refractivity contribution < 1.29 is 26.5 Å². The van der Waals surface area contributed by atoms with E-state index in [4.69, 9.17) is 32.1 Å². The Hall–Kier alpha value is -2.69. The fourth-order valence-electron chi connectivity index (χ4n) is 3.45. The molecule has 0 aliphatic rings. The molecule has 0 fully saturated rings. The van der Waals surface area contributed by atoms with Crippen LogP contribution in [0.3, 0.4) is 0 Å². The number of anilines is 1. The number of benzene rings is 3. The Morgan fingerprint density at radius 2 is 1.75 bits per heavy atom. The Bertz CT molecular complexity index is 1580. The van der Waals surface area contributed by atoms with Crippen LogP contribution in [0.2, 0.25) is 10.0 Å². The van der Waals surface area contributed by atoms with Crippen molar-refractivity contribution in [1.82, 2.24) is 0 Å². The van der Waals surface area contributed by atoms with Gasteiger partial charge in [0.25, 0.3) is 16.0 Å². The standard InChI is InChI=1S/C25H20Cl2FNO5S2/c1-25(2,36(31,32)33-3)15-4-7-22-14(8-15)9-23(35-22)24(30)29-17-10-16(26)11-19(12-17)34-18-5-6-21(28)20(27)13-18/h4-13H,1-3H3,(H,29,30). The molecule has 3 aromatic carbocycles. The summed E-state index contributed by atoms with van der Waals surface area (Å²) in [5, 5.41) is 3.75. The average molecular weight is 568 g/mol. The lowest BCUT2D eigenvalue weighted by Crippen LogP contribution is -2.30. The van der Waals surface area contributed by atoms with Gasteiger partial charge in [-0.25, -0.2) is 4.39 Å². The first kappa shape index (κ1) is 26.4. The van der Waals surface area contributed by atoms with Gasteiger partial charge in [0.05, 0.1) is 17.0 Å². The highest BCUT2D eigenvalue weighted by molar-refractivity contribution is 7.87. The van der Waals surface area contributed by atoms with Crippen molar-refractivity contribution in [2.24, 2.45) is 0 Å². The molecule has 0 spiro atoms. The Labute approximate surface area is 221 Å². The SMILES string of the molecule is COS(=O)(=O)C(C)(C)c1ccc2sc(C(=O)Nc3cc(Cl)cc(Oc4ccc(F)c(Cl)c4)c3)cc2c1. The molecule has 0 aliphatic heterocycles. The van der Waals surface area contributed by atoms with E-state index in [1.165, 1.54) is 29.5 Å². The van der Waals surface area contributed by atoms with Crippen LogP contribution < -0.4 is 10.1 Å². The maximum Gasteiger partial charge on any atom is 0.276 e. The number of fused-ring (bicyclic) bond motifs is 1. The average Bonchev–Trinajstić information content (AvgIpc) is 3.25. The number of nitrogens with one attached hydrogen (secondary N) is 1. The summed E-state index contributed by atoms with van der Waals surface area (Å²) in [7, 11) is -2.70. The van der Waals surface area contributed by atoms with Gasteiger partial charge in [-0.05, 0) is 67.3 Å². The number of hydrogen-bond acceptors (Lipinski definition) is 6. The highest BCUT2D eigenvalue weighted by Gasteiger charge is 2.36. The molecule has 0 unspecified atom stereocenters. The van der Waals surface area contributed by atoms with Gasteiger partial charge in [-0.1, -0.05) is 29.3 Å². The largest absolute Gasteiger partial charge is 0.457 e. The highest BCUT2D eigenvalue weighted by Crippen LogP contribution is 2.36. The van der Waals surface area contributed by atoms with Crippen molar-refractivity contribution in [2.75, 3.05) is 12.4 Å². The summed E-state index contributed by atoms with van der Waals surface area (Å²) in [4.78, 5) is 13.4. The van der Waals surface area contributed by atoms with Crippen molar-refractivity contribution in [3.05, 3.63) is 87.0 Å². The zero-order valence-electron chi connectivity index (χ0n) is 19.3. The topological polar surface area (TPSA) is 81.7 Å². The third-order valence-corrected chi connectivity index (χ3v) is 9.08. The molecule has 1 heterocycles. The van der Waals surface area contributed by atoms with Crippen LogP contribution in [0.1, 0.15) is 29.1 Å². The predicted molar refractivity (Wildman–Crippen MR) is 142 cm³/mol. The molecule has 1 N–H and O–H groups in total. The molecule has 4 aromatic rings. The van der Waals surface area contributed by atoms with E-state index in [0.717, 1.165) is 17.2 Å². The van der Waals surface area contributed by atoms with E-state index in [1.54, 1.807) is 56.3 Å². The van der Waals surface area contributed by atoms with Crippen LogP contribution in [0.25, 0.3) is 10.1 Å². The van der Waals surface area contributed by atoms with Crippen LogP contribution in [0.5, 0.6) is 11.5 Å². The van der Waals surface area contributed by atoms with Crippen LogP contribution >= 0.6 is 34.5 Å². The maximum atomic E-state index is 13.4. The molecule has 36 heavy (non-hydrogen) atoms. The van der Waals surface area contributed by atoms with Gasteiger partial charge in [-0.15, -0.1) is 11.3 Å². The molecule has 4 rings (SSSR count). The van der Waals surface area contributed by atoms with Crippen LogP contribution in [0.15, 0.2) is 60.7 Å².